The first-order valence-electron chi connectivity index (χ1n) is 12.0. The van der Waals surface area contributed by atoms with E-state index in [1.54, 1.807) is 0 Å². The molecule has 2 aliphatic heterocycles. The zero-order chi connectivity index (χ0) is 26.1. The molecule has 0 atom stereocenters. The lowest BCUT2D eigenvalue weighted by Gasteiger charge is -2.54. The van der Waals surface area contributed by atoms with Crippen molar-refractivity contribution in [3.8, 4) is 22.6 Å². The van der Waals surface area contributed by atoms with Gasteiger partial charge in [-0.1, -0.05) is 11.6 Å². The summed E-state index contributed by atoms with van der Waals surface area (Å²) in [6.45, 7) is 4.21. The number of halogens is 1. The third kappa shape index (κ3) is 4.12. The fourth-order valence-corrected chi connectivity index (χ4v) is 6.23. The molecule has 11 nitrogen and oxygen atoms in total. The number of aromatic nitrogens is 6. The van der Waals surface area contributed by atoms with Crippen molar-refractivity contribution in [3.05, 3.63) is 35.7 Å². The zero-order valence-electron chi connectivity index (χ0n) is 20.9. The van der Waals surface area contributed by atoms with E-state index >= 15 is 0 Å². The molecule has 1 spiro atoms. The van der Waals surface area contributed by atoms with E-state index in [1.165, 1.54) is 31.4 Å². The van der Waals surface area contributed by atoms with Gasteiger partial charge in [0.1, 0.15) is 5.82 Å². The van der Waals surface area contributed by atoms with Gasteiger partial charge < -0.3 is 15.5 Å². The fraction of sp³-hybridized carbons (Fsp3) is 0.417. The fourth-order valence-electron chi connectivity index (χ4n) is 5.50. The summed E-state index contributed by atoms with van der Waals surface area (Å²) >= 11 is 6.44. The van der Waals surface area contributed by atoms with Crippen molar-refractivity contribution in [1.29, 1.82) is 0 Å². The van der Waals surface area contributed by atoms with Crippen LogP contribution in [-0.4, -0.2) is 81.7 Å². The Morgan fingerprint density at radius 1 is 1.11 bits per heavy atom. The highest BCUT2D eigenvalue weighted by molar-refractivity contribution is 7.89. The number of nitrogens with zero attached hydrogens (tertiary/aromatic N) is 8. The molecule has 0 saturated carbocycles. The lowest BCUT2D eigenvalue weighted by atomic mass is 9.72. The molecule has 1 aromatic carbocycles. The van der Waals surface area contributed by atoms with Crippen LogP contribution >= 0.6 is 11.6 Å². The highest BCUT2D eigenvalue weighted by Crippen LogP contribution is 2.46. The van der Waals surface area contributed by atoms with Crippen LogP contribution in [0.25, 0.3) is 33.5 Å². The van der Waals surface area contributed by atoms with Crippen LogP contribution in [0, 0.1) is 5.41 Å². The van der Waals surface area contributed by atoms with E-state index in [0.717, 1.165) is 58.8 Å². The first kappa shape index (κ1) is 24.1. The van der Waals surface area contributed by atoms with Gasteiger partial charge in [-0.3, -0.25) is 4.68 Å². The van der Waals surface area contributed by atoms with Crippen LogP contribution in [0.15, 0.2) is 30.7 Å². The third-order valence-corrected chi connectivity index (χ3v) is 8.64. The maximum Gasteiger partial charge on any atom is 0.250 e. The molecule has 2 aliphatic rings. The summed E-state index contributed by atoms with van der Waals surface area (Å²) in [5.74, 6) is 1.44. The Labute approximate surface area is 219 Å². The van der Waals surface area contributed by atoms with E-state index in [4.69, 9.17) is 27.4 Å². The topological polar surface area (TPSA) is 128 Å². The first-order chi connectivity index (χ1) is 17.5. The smallest absolute Gasteiger partial charge is 0.250 e. The van der Waals surface area contributed by atoms with Gasteiger partial charge >= 0.3 is 0 Å². The van der Waals surface area contributed by atoms with Crippen LogP contribution in [0.2, 0.25) is 5.02 Å². The molecule has 5 heterocycles. The second kappa shape index (κ2) is 8.40. The van der Waals surface area contributed by atoms with Crippen LogP contribution in [0.3, 0.4) is 0 Å². The van der Waals surface area contributed by atoms with Crippen LogP contribution in [0.4, 0.5) is 11.5 Å². The van der Waals surface area contributed by atoms with E-state index in [1.807, 2.05) is 23.9 Å². The molecular formula is C24H28ClN9O2S. The Morgan fingerprint density at radius 2 is 1.84 bits per heavy atom. The SMILES string of the molecule is CN1CCC2(CC1)CN(c1c3c(-c4ncc(Cl)c(-c5cnn(S(C)(=O)=O)c5)n4)cc(N)cc3nn1C)C2. The number of anilines is 2. The molecule has 13 heteroatoms. The monoisotopic (exact) mass is 541 g/mol. The highest BCUT2D eigenvalue weighted by atomic mass is 35.5. The third-order valence-electron chi connectivity index (χ3n) is 7.49. The largest absolute Gasteiger partial charge is 0.399 e. The highest BCUT2D eigenvalue weighted by Gasteiger charge is 2.46. The van der Waals surface area contributed by atoms with E-state index in [-0.39, 0.29) is 5.02 Å². The predicted molar refractivity (Wildman–Crippen MR) is 144 cm³/mol. The van der Waals surface area contributed by atoms with Crippen LogP contribution in [0.1, 0.15) is 12.8 Å². The van der Waals surface area contributed by atoms with Crippen molar-refractivity contribution in [1.82, 2.24) is 33.8 Å². The number of hydrogen-bond acceptors (Lipinski definition) is 9. The Hall–Kier alpha value is -3.22. The Balaban J connectivity index is 1.43. The Morgan fingerprint density at radius 3 is 2.51 bits per heavy atom. The zero-order valence-corrected chi connectivity index (χ0v) is 22.5. The maximum atomic E-state index is 11.9. The molecule has 0 aliphatic carbocycles. The number of piperidine rings is 1. The molecule has 2 N–H and O–H groups in total. The van der Waals surface area contributed by atoms with Crippen molar-refractivity contribution in [2.75, 3.05) is 50.1 Å². The minimum absolute atomic E-state index is 0.287. The van der Waals surface area contributed by atoms with Gasteiger partial charge in [0.2, 0.25) is 0 Å². The molecule has 6 rings (SSSR count). The number of rotatable bonds is 4. The van der Waals surface area contributed by atoms with Crippen molar-refractivity contribution < 1.29 is 8.42 Å². The van der Waals surface area contributed by atoms with Gasteiger partial charge in [-0.2, -0.15) is 14.3 Å². The first-order valence-corrected chi connectivity index (χ1v) is 14.2. The number of likely N-dealkylation sites (tertiary alicyclic amines) is 1. The number of benzene rings is 1. The van der Waals surface area contributed by atoms with Gasteiger partial charge in [0.25, 0.3) is 10.0 Å². The van der Waals surface area contributed by atoms with Gasteiger partial charge in [0.05, 0.1) is 46.5 Å². The second-order valence-electron chi connectivity index (χ2n) is 10.3. The normalized spacial score (nSPS) is 18.0. The molecule has 3 aromatic heterocycles. The molecule has 0 amide bonds. The summed E-state index contributed by atoms with van der Waals surface area (Å²) in [5.41, 5.74) is 9.53. The molecule has 0 unspecified atom stereocenters. The Bertz CT molecular complexity index is 1630. The molecular weight excluding hydrogens is 514 g/mol. The van der Waals surface area contributed by atoms with Crippen LogP contribution in [0.5, 0.6) is 0 Å². The molecule has 2 fully saturated rings. The quantitative estimate of drug-likeness (QED) is 0.387. The van der Waals surface area contributed by atoms with Gasteiger partial charge in [0.15, 0.2) is 5.82 Å². The minimum atomic E-state index is -3.54. The van der Waals surface area contributed by atoms with E-state index in [2.05, 4.69) is 26.9 Å². The molecule has 194 valence electrons. The lowest BCUT2D eigenvalue weighted by Crippen LogP contribution is -2.60. The van der Waals surface area contributed by atoms with Crippen LogP contribution in [-0.2, 0) is 17.1 Å². The standard InChI is InChI=1S/C24H28ClN9O2S/c1-31-6-4-24(5-7-31)13-33(14-24)23-20-17(8-16(26)9-19(20)30-32(23)2)22-27-11-18(25)21(29-22)15-10-28-34(12-15)37(3,35)36/h8-12H,4-7,13-14,26H2,1-3H3. The molecule has 0 radical (unpaired) electrons. The summed E-state index contributed by atoms with van der Waals surface area (Å²) in [7, 11) is 0.589. The number of nitrogen functional groups attached to an aromatic ring is 1. The van der Waals surface area contributed by atoms with Gasteiger partial charge in [-0.05, 0) is 45.1 Å². The summed E-state index contributed by atoms with van der Waals surface area (Å²) < 4.78 is 26.6. The summed E-state index contributed by atoms with van der Waals surface area (Å²) in [6, 6.07) is 3.71. The average molecular weight is 542 g/mol. The van der Waals surface area contributed by atoms with E-state index in [0.29, 0.717) is 28.2 Å². The van der Waals surface area contributed by atoms with E-state index in [9.17, 15) is 8.42 Å². The number of fused-ring (bicyclic) bond motifs is 1. The van der Waals surface area contributed by atoms with Crippen molar-refractivity contribution in [3.63, 3.8) is 0 Å². The lowest BCUT2D eigenvalue weighted by molar-refractivity contribution is 0.0897. The maximum absolute atomic E-state index is 11.9. The number of hydrogen-bond donors (Lipinski definition) is 1. The predicted octanol–water partition coefficient (Wildman–Crippen LogP) is 2.47. The molecule has 2 saturated heterocycles. The number of nitrogens with two attached hydrogens (primary N) is 1. The van der Waals surface area contributed by atoms with Crippen LogP contribution < -0.4 is 10.6 Å². The summed E-state index contributed by atoms with van der Waals surface area (Å²) in [4.78, 5) is 14.0. The summed E-state index contributed by atoms with van der Waals surface area (Å²) in [5, 5.41) is 9.92. The van der Waals surface area contributed by atoms with Gasteiger partial charge in [-0.15, -0.1) is 0 Å². The Kier molecular flexibility index (Phi) is 5.48. The number of aryl methyl sites for hydroxylation is 1. The van der Waals surface area contributed by atoms with E-state index < -0.39 is 10.0 Å². The second-order valence-corrected chi connectivity index (χ2v) is 12.6. The minimum Gasteiger partial charge on any atom is -0.399 e. The van der Waals surface area contributed by atoms with Gasteiger partial charge in [0, 0.05) is 42.4 Å². The van der Waals surface area contributed by atoms with Crippen molar-refractivity contribution in [2.24, 2.45) is 12.5 Å². The van der Waals surface area contributed by atoms with Crippen molar-refractivity contribution in [2.45, 2.75) is 12.8 Å². The summed E-state index contributed by atoms with van der Waals surface area (Å²) in [6.07, 6.45) is 7.79. The average Bonchev–Trinajstić information content (AvgIpc) is 3.43. The van der Waals surface area contributed by atoms with Crippen molar-refractivity contribution >= 4 is 44.0 Å². The molecule has 37 heavy (non-hydrogen) atoms. The molecule has 0 bridgehead atoms. The van der Waals surface area contributed by atoms with Gasteiger partial charge in [-0.25, -0.2) is 18.4 Å². The molecule has 4 aromatic rings.